The molecule has 1 aromatic rings. The third kappa shape index (κ3) is 3.45. The number of halogens is 1. The lowest BCUT2D eigenvalue weighted by Gasteiger charge is -2.29. The van der Waals surface area contributed by atoms with Gasteiger partial charge in [0.1, 0.15) is 0 Å². The van der Waals surface area contributed by atoms with Gasteiger partial charge >= 0.3 is 0 Å². The quantitative estimate of drug-likeness (QED) is 0.885. The topological polar surface area (TPSA) is 24.5 Å². The van der Waals surface area contributed by atoms with Gasteiger partial charge in [-0.15, -0.1) is 0 Å². The standard InChI is InChI=1S/C15H23FN2O/c1-12(11-16)15(17-2)13-3-5-14(6-4-13)18-7-9-19-10-8-18/h3-6,12,15,17H,7-11H2,1-2H3. The normalized spacial score (nSPS) is 19.2. The molecule has 106 valence electrons. The Morgan fingerprint density at radius 3 is 2.42 bits per heavy atom. The lowest BCUT2D eigenvalue weighted by atomic mass is 9.95. The Kier molecular flexibility index (Phi) is 5.16. The summed E-state index contributed by atoms with van der Waals surface area (Å²) in [6.45, 7) is 5.08. The van der Waals surface area contributed by atoms with E-state index in [1.54, 1.807) is 0 Å². The van der Waals surface area contributed by atoms with Crippen LogP contribution in [0.5, 0.6) is 0 Å². The van der Waals surface area contributed by atoms with Crippen molar-refractivity contribution in [1.82, 2.24) is 5.32 Å². The fourth-order valence-corrected chi connectivity index (χ4v) is 2.58. The summed E-state index contributed by atoms with van der Waals surface area (Å²) in [5.41, 5.74) is 2.36. The molecule has 1 heterocycles. The number of nitrogens with zero attached hydrogens (tertiary/aromatic N) is 1. The molecular weight excluding hydrogens is 243 g/mol. The monoisotopic (exact) mass is 266 g/mol. The number of hydrogen-bond acceptors (Lipinski definition) is 3. The summed E-state index contributed by atoms with van der Waals surface area (Å²) in [6.07, 6.45) is 0. The number of morpholine rings is 1. The number of rotatable bonds is 5. The molecule has 4 heteroatoms. The van der Waals surface area contributed by atoms with Gasteiger partial charge in [0, 0.05) is 30.7 Å². The molecular formula is C15H23FN2O. The summed E-state index contributed by atoms with van der Waals surface area (Å²) >= 11 is 0. The van der Waals surface area contributed by atoms with Crippen LogP contribution in [-0.4, -0.2) is 40.0 Å². The second-order valence-electron chi connectivity index (χ2n) is 5.09. The van der Waals surface area contributed by atoms with Crippen LogP contribution < -0.4 is 10.2 Å². The second kappa shape index (κ2) is 6.87. The zero-order valence-electron chi connectivity index (χ0n) is 11.7. The molecule has 2 rings (SSSR count). The molecule has 1 fully saturated rings. The zero-order chi connectivity index (χ0) is 13.7. The van der Waals surface area contributed by atoms with Crippen LogP contribution in [0.1, 0.15) is 18.5 Å². The predicted octanol–water partition coefficient (Wildman–Crippen LogP) is 2.39. The van der Waals surface area contributed by atoms with Crippen LogP contribution in [0.2, 0.25) is 0 Å². The highest BCUT2D eigenvalue weighted by atomic mass is 19.1. The molecule has 0 bridgehead atoms. The van der Waals surface area contributed by atoms with Crippen LogP contribution in [0, 0.1) is 5.92 Å². The van der Waals surface area contributed by atoms with Crippen LogP contribution in [0.3, 0.4) is 0 Å². The largest absolute Gasteiger partial charge is 0.378 e. The summed E-state index contributed by atoms with van der Waals surface area (Å²) in [7, 11) is 1.88. The van der Waals surface area contributed by atoms with Crippen molar-refractivity contribution in [3.05, 3.63) is 29.8 Å². The molecule has 0 radical (unpaired) electrons. The first-order valence-corrected chi connectivity index (χ1v) is 6.92. The van der Waals surface area contributed by atoms with Crippen LogP contribution in [-0.2, 0) is 4.74 Å². The predicted molar refractivity (Wildman–Crippen MR) is 76.4 cm³/mol. The van der Waals surface area contributed by atoms with E-state index in [2.05, 4.69) is 34.5 Å². The summed E-state index contributed by atoms with van der Waals surface area (Å²) < 4.78 is 18.2. The van der Waals surface area contributed by atoms with Gasteiger partial charge in [0.15, 0.2) is 0 Å². The van der Waals surface area contributed by atoms with Crippen molar-refractivity contribution in [2.45, 2.75) is 13.0 Å². The molecule has 0 aromatic heterocycles. The Hall–Kier alpha value is -1.13. The molecule has 1 aliphatic heterocycles. The minimum Gasteiger partial charge on any atom is -0.378 e. The van der Waals surface area contributed by atoms with Gasteiger partial charge in [-0.3, -0.25) is 4.39 Å². The van der Waals surface area contributed by atoms with E-state index in [-0.39, 0.29) is 18.6 Å². The third-order valence-electron chi connectivity index (χ3n) is 3.75. The Bertz CT molecular complexity index is 376. The van der Waals surface area contributed by atoms with Crippen LogP contribution >= 0.6 is 0 Å². The van der Waals surface area contributed by atoms with E-state index in [4.69, 9.17) is 4.74 Å². The first-order chi connectivity index (χ1) is 9.26. The molecule has 1 aliphatic rings. The minimum absolute atomic E-state index is 0.0146. The van der Waals surface area contributed by atoms with Crippen LogP contribution in [0.4, 0.5) is 10.1 Å². The Morgan fingerprint density at radius 1 is 1.26 bits per heavy atom. The summed E-state index contributed by atoms with van der Waals surface area (Å²) in [5, 5.41) is 3.19. The van der Waals surface area contributed by atoms with Gasteiger partial charge in [-0.25, -0.2) is 0 Å². The van der Waals surface area contributed by atoms with Crippen molar-refractivity contribution < 1.29 is 9.13 Å². The molecule has 0 aliphatic carbocycles. The van der Waals surface area contributed by atoms with E-state index in [1.807, 2.05) is 14.0 Å². The van der Waals surface area contributed by atoms with Crippen molar-refractivity contribution in [3.63, 3.8) is 0 Å². The maximum atomic E-state index is 12.8. The Labute approximate surface area is 114 Å². The smallest absolute Gasteiger partial charge is 0.0938 e. The molecule has 1 saturated heterocycles. The molecule has 3 nitrogen and oxygen atoms in total. The zero-order valence-corrected chi connectivity index (χ0v) is 11.7. The SMILES string of the molecule is CNC(c1ccc(N2CCOCC2)cc1)C(C)CF. The van der Waals surface area contributed by atoms with Crippen molar-refractivity contribution in [1.29, 1.82) is 0 Å². The van der Waals surface area contributed by atoms with Gasteiger partial charge in [0.25, 0.3) is 0 Å². The second-order valence-corrected chi connectivity index (χ2v) is 5.09. The molecule has 2 unspecified atom stereocenters. The van der Waals surface area contributed by atoms with Gasteiger partial charge in [-0.1, -0.05) is 19.1 Å². The number of alkyl halides is 1. The van der Waals surface area contributed by atoms with Gasteiger partial charge in [-0.05, 0) is 24.7 Å². The average Bonchev–Trinajstić information content (AvgIpc) is 2.49. The number of anilines is 1. The summed E-state index contributed by atoms with van der Waals surface area (Å²) in [6, 6.07) is 8.51. The van der Waals surface area contributed by atoms with Gasteiger partial charge < -0.3 is 15.0 Å². The molecule has 19 heavy (non-hydrogen) atoms. The van der Waals surface area contributed by atoms with Crippen molar-refractivity contribution >= 4 is 5.69 Å². The van der Waals surface area contributed by atoms with E-state index in [9.17, 15) is 4.39 Å². The lowest BCUT2D eigenvalue weighted by molar-refractivity contribution is 0.122. The van der Waals surface area contributed by atoms with Crippen LogP contribution in [0.25, 0.3) is 0 Å². The Morgan fingerprint density at radius 2 is 1.89 bits per heavy atom. The highest BCUT2D eigenvalue weighted by Crippen LogP contribution is 2.25. The van der Waals surface area contributed by atoms with E-state index < -0.39 is 0 Å². The van der Waals surface area contributed by atoms with E-state index in [1.165, 1.54) is 5.69 Å². The highest BCUT2D eigenvalue weighted by molar-refractivity contribution is 5.48. The number of nitrogens with one attached hydrogen (secondary N) is 1. The first kappa shape index (κ1) is 14.3. The fourth-order valence-electron chi connectivity index (χ4n) is 2.58. The fraction of sp³-hybridized carbons (Fsp3) is 0.600. The molecule has 0 amide bonds. The minimum atomic E-state index is -0.309. The number of benzene rings is 1. The van der Waals surface area contributed by atoms with Gasteiger partial charge in [0.05, 0.1) is 19.9 Å². The Balaban J connectivity index is 2.08. The first-order valence-electron chi connectivity index (χ1n) is 6.92. The van der Waals surface area contributed by atoms with Crippen molar-refractivity contribution in [3.8, 4) is 0 Å². The maximum absolute atomic E-state index is 12.8. The van der Waals surface area contributed by atoms with E-state index in [0.717, 1.165) is 31.9 Å². The number of hydrogen-bond donors (Lipinski definition) is 1. The van der Waals surface area contributed by atoms with Gasteiger partial charge in [0.2, 0.25) is 0 Å². The van der Waals surface area contributed by atoms with Gasteiger partial charge in [-0.2, -0.15) is 0 Å². The number of ether oxygens (including phenoxy) is 1. The maximum Gasteiger partial charge on any atom is 0.0938 e. The molecule has 1 aromatic carbocycles. The molecule has 0 spiro atoms. The molecule has 0 saturated carbocycles. The van der Waals surface area contributed by atoms with E-state index in [0.29, 0.717) is 0 Å². The lowest BCUT2D eigenvalue weighted by Crippen LogP contribution is -2.36. The van der Waals surface area contributed by atoms with E-state index >= 15 is 0 Å². The third-order valence-corrected chi connectivity index (χ3v) is 3.75. The molecule has 2 atom stereocenters. The average molecular weight is 266 g/mol. The van der Waals surface area contributed by atoms with Crippen molar-refractivity contribution in [2.75, 3.05) is 44.9 Å². The summed E-state index contributed by atoms with van der Waals surface area (Å²) in [5.74, 6) is -0.0146. The van der Waals surface area contributed by atoms with Crippen molar-refractivity contribution in [2.24, 2.45) is 5.92 Å². The highest BCUT2D eigenvalue weighted by Gasteiger charge is 2.18. The van der Waals surface area contributed by atoms with Crippen LogP contribution in [0.15, 0.2) is 24.3 Å². The summed E-state index contributed by atoms with van der Waals surface area (Å²) in [4.78, 5) is 2.32. The molecule has 1 N–H and O–H groups in total.